The summed E-state index contributed by atoms with van der Waals surface area (Å²) >= 11 is 0. The molecule has 0 aromatic heterocycles. The third-order valence-electron chi connectivity index (χ3n) is 1.34. The highest BCUT2D eigenvalue weighted by Crippen LogP contribution is 1.82. The van der Waals surface area contributed by atoms with Crippen LogP contribution in [0.5, 0.6) is 0 Å². The van der Waals surface area contributed by atoms with E-state index in [4.69, 9.17) is 0 Å². The predicted octanol–water partition coefficient (Wildman–Crippen LogP) is 0.324. The molecule has 1 saturated heterocycles. The van der Waals surface area contributed by atoms with Crippen molar-refractivity contribution >= 4 is 0 Å². The van der Waals surface area contributed by atoms with Gasteiger partial charge in [-0.2, -0.15) is 0 Å². The van der Waals surface area contributed by atoms with E-state index in [1.807, 2.05) is 0 Å². The zero-order chi connectivity index (χ0) is 7.11. The van der Waals surface area contributed by atoms with Crippen LogP contribution in [0.3, 0.4) is 0 Å². The summed E-state index contributed by atoms with van der Waals surface area (Å²) in [7, 11) is 2.15. The lowest BCUT2D eigenvalue weighted by atomic mass is 10.4. The second-order valence-corrected chi connectivity index (χ2v) is 2.05. The van der Waals surface area contributed by atoms with Crippen molar-refractivity contribution in [2.24, 2.45) is 0 Å². The minimum atomic E-state index is 1.16. The lowest BCUT2D eigenvalue weighted by Crippen LogP contribution is -2.40. The highest BCUT2D eigenvalue weighted by Gasteiger charge is 2.01. The molecule has 0 aromatic rings. The fourth-order valence-electron chi connectivity index (χ4n) is 0.777. The molecule has 0 amide bonds. The van der Waals surface area contributed by atoms with Gasteiger partial charge in [-0.15, -0.1) is 13.2 Å². The van der Waals surface area contributed by atoms with Crippen LogP contribution >= 0.6 is 0 Å². The highest BCUT2D eigenvalue weighted by molar-refractivity contribution is 4.62. The maximum absolute atomic E-state index is 3.27. The molecule has 1 aliphatic heterocycles. The van der Waals surface area contributed by atoms with Gasteiger partial charge in [0.05, 0.1) is 0 Å². The summed E-state index contributed by atoms with van der Waals surface area (Å²) in [5.74, 6) is 0. The smallest absolute Gasteiger partial charge is 0.0104 e. The third-order valence-corrected chi connectivity index (χ3v) is 1.34. The van der Waals surface area contributed by atoms with Gasteiger partial charge in [0, 0.05) is 26.2 Å². The van der Waals surface area contributed by atoms with Crippen LogP contribution < -0.4 is 5.32 Å². The van der Waals surface area contributed by atoms with E-state index in [2.05, 4.69) is 30.4 Å². The number of hydrogen-bond donors (Lipinski definition) is 1. The quantitative estimate of drug-likeness (QED) is 0.473. The van der Waals surface area contributed by atoms with Crippen molar-refractivity contribution in [3.05, 3.63) is 13.2 Å². The van der Waals surface area contributed by atoms with Gasteiger partial charge in [-0.1, -0.05) is 0 Å². The van der Waals surface area contributed by atoms with Crippen LogP contribution in [0.1, 0.15) is 0 Å². The van der Waals surface area contributed by atoms with E-state index in [9.17, 15) is 0 Å². The van der Waals surface area contributed by atoms with E-state index in [0.717, 1.165) is 13.1 Å². The molecule has 0 radical (unpaired) electrons. The number of piperazine rings is 1. The average Bonchev–Trinajstić information content (AvgIpc) is 1.94. The number of nitrogens with one attached hydrogen (secondary N) is 1. The summed E-state index contributed by atoms with van der Waals surface area (Å²) in [4.78, 5) is 2.33. The Balaban J connectivity index is 0.000000291. The molecule has 0 aliphatic carbocycles. The fourth-order valence-corrected chi connectivity index (χ4v) is 0.777. The lowest BCUT2D eigenvalue weighted by molar-refractivity contribution is 0.291. The van der Waals surface area contributed by atoms with Gasteiger partial charge < -0.3 is 10.2 Å². The van der Waals surface area contributed by atoms with Gasteiger partial charge in [0.25, 0.3) is 0 Å². The van der Waals surface area contributed by atoms with Crippen molar-refractivity contribution < 1.29 is 0 Å². The number of rotatable bonds is 0. The Morgan fingerprint density at radius 2 is 1.67 bits per heavy atom. The van der Waals surface area contributed by atoms with Gasteiger partial charge in [0.2, 0.25) is 0 Å². The van der Waals surface area contributed by atoms with Gasteiger partial charge >= 0.3 is 0 Å². The molecule has 0 unspecified atom stereocenters. The first kappa shape index (κ1) is 8.66. The Kier molecular flexibility index (Phi) is 5.57. The molecule has 0 aromatic carbocycles. The van der Waals surface area contributed by atoms with E-state index in [0.29, 0.717) is 0 Å². The summed E-state index contributed by atoms with van der Waals surface area (Å²) in [6.07, 6.45) is 0. The fraction of sp³-hybridized carbons (Fsp3) is 0.714. The van der Waals surface area contributed by atoms with Gasteiger partial charge in [0.1, 0.15) is 0 Å². The Bertz CT molecular complexity index is 57.9. The normalized spacial score (nSPS) is 20.1. The summed E-state index contributed by atoms with van der Waals surface area (Å²) in [6, 6.07) is 0. The SMILES string of the molecule is C=C.CN1CCNCC1. The van der Waals surface area contributed by atoms with Gasteiger partial charge in [0.15, 0.2) is 0 Å². The molecule has 1 N–H and O–H groups in total. The molecule has 1 rings (SSSR count). The minimum absolute atomic E-state index is 1.16. The van der Waals surface area contributed by atoms with E-state index in [1.54, 1.807) is 0 Å². The van der Waals surface area contributed by atoms with E-state index < -0.39 is 0 Å². The molecule has 1 fully saturated rings. The molecule has 1 aliphatic rings. The molecule has 2 nitrogen and oxygen atoms in total. The first-order chi connectivity index (χ1) is 4.39. The van der Waals surface area contributed by atoms with Crippen LogP contribution in [0, 0.1) is 0 Å². The monoisotopic (exact) mass is 128 g/mol. The Labute approximate surface area is 57.5 Å². The van der Waals surface area contributed by atoms with Crippen LogP contribution in [-0.2, 0) is 0 Å². The largest absolute Gasteiger partial charge is 0.314 e. The average molecular weight is 128 g/mol. The van der Waals surface area contributed by atoms with Crippen LogP contribution in [0.15, 0.2) is 13.2 Å². The third kappa shape index (κ3) is 4.18. The molecule has 0 saturated carbocycles. The lowest BCUT2D eigenvalue weighted by Gasteiger charge is -2.21. The molecule has 1 heterocycles. The maximum Gasteiger partial charge on any atom is 0.0104 e. The van der Waals surface area contributed by atoms with E-state index in [-0.39, 0.29) is 0 Å². The molecule has 54 valence electrons. The van der Waals surface area contributed by atoms with Crippen LogP contribution in [-0.4, -0.2) is 38.1 Å². The molecule has 9 heavy (non-hydrogen) atoms. The first-order valence-electron chi connectivity index (χ1n) is 3.29. The topological polar surface area (TPSA) is 15.3 Å². The summed E-state index contributed by atoms with van der Waals surface area (Å²) < 4.78 is 0. The van der Waals surface area contributed by atoms with Crippen molar-refractivity contribution in [2.75, 3.05) is 33.2 Å². The first-order valence-corrected chi connectivity index (χ1v) is 3.29. The molecule has 0 bridgehead atoms. The second-order valence-electron chi connectivity index (χ2n) is 2.05. The van der Waals surface area contributed by atoms with Crippen molar-refractivity contribution in [3.63, 3.8) is 0 Å². The number of hydrogen-bond acceptors (Lipinski definition) is 2. The summed E-state index contributed by atoms with van der Waals surface area (Å²) in [5.41, 5.74) is 0. The highest BCUT2D eigenvalue weighted by atomic mass is 15.2. The van der Waals surface area contributed by atoms with Crippen molar-refractivity contribution in [1.82, 2.24) is 10.2 Å². The molecular formula is C7H16N2. The Morgan fingerprint density at radius 3 is 1.89 bits per heavy atom. The van der Waals surface area contributed by atoms with Crippen molar-refractivity contribution in [2.45, 2.75) is 0 Å². The second kappa shape index (κ2) is 5.79. The standard InChI is InChI=1S/C5H12N2.C2H4/c1-7-4-2-6-3-5-7;1-2/h6H,2-5H2,1H3;1-2H2. The van der Waals surface area contributed by atoms with Gasteiger partial charge in [-0.3, -0.25) is 0 Å². The summed E-state index contributed by atoms with van der Waals surface area (Å²) in [5, 5.41) is 3.27. The maximum atomic E-state index is 3.27. The number of likely N-dealkylation sites (N-methyl/N-ethyl adjacent to an activating group) is 1. The zero-order valence-corrected chi connectivity index (χ0v) is 6.19. The molecule has 2 heteroatoms. The van der Waals surface area contributed by atoms with Crippen LogP contribution in [0.4, 0.5) is 0 Å². The molecule has 0 atom stereocenters. The van der Waals surface area contributed by atoms with E-state index >= 15 is 0 Å². The van der Waals surface area contributed by atoms with Crippen molar-refractivity contribution in [3.8, 4) is 0 Å². The van der Waals surface area contributed by atoms with Gasteiger partial charge in [-0.05, 0) is 7.05 Å². The van der Waals surface area contributed by atoms with Gasteiger partial charge in [-0.25, -0.2) is 0 Å². The van der Waals surface area contributed by atoms with Crippen LogP contribution in [0.25, 0.3) is 0 Å². The number of nitrogens with zero attached hydrogens (tertiary/aromatic N) is 1. The van der Waals surface area contributed by atoms with Crippen LogP contribution in [0.2, 0.25) is 0 Å². The van der Waals surface area contributed by atoms with E-state index in [1.165, 1.54) is 13.1 Å². The summed E-state index contributed by atoms with van der Waals surface area (Å²) in [6.45, 7) is 10.7. The minimum Gasteiger partial charge on any atom is -0.314 e. The van der Waals surface area contributed by atoms with Crippen molar-refractivity contribution in [1.29, 1.82) is 0 Å². The Hall–Kier alpha value is -0.340. The predicted molar refractivity (Wildman–Crippen MR) is 41.6 cm³/mol. The molecule has 0 spiro atoms. The Morgan fingerprint density at radius 1 is 1.22 bits per heavy atom. The molecular weight excluding hydrogens is 112 g/mol. The zero-order valence-electron chi connectivity index (χ0n) is 6.19.